The van der Waals surface area contributed by atoms with Crippen molar-refractivity contribution >= 4 is 11.7 Å². The van der Waals surface area contributed by atoms with Gasteiger partial charge in [0.2, 0.25) is 5.91 Å². The third-order valence-corrected chi connectivity index (χ3v) is 7.66. The third-order valence-electron chi connectivity index (χ3n) is 7.66. The van der Waals surface area contributed by atoms with Gasteiger partial charge in [0.05, 0.1) is 5.69 Å². The van der Waals surface area contributed by atoms with Crippen molar-refractivity contribution in [3.63, 3.8) is 0 Å². The van der Waals surface area contributed by atoms with Crippen molar-refractivity contribution in [2.24, 2.45) is 5.73 Å². The van der Waals surface area contributed by atoms with E-state index in [1.165, 1.54) is 42.6 Å². The average Bonchev–Trinajstić information content (AvgIpc) is 3.58. The summed E-state index contributed by atoms with van der Waals surface area (Å²) in [5, 5.41) is 3.52. The van der Waals surface area contributed by atoms with Crippen LogP contribution in [0.15, 0.2) is 79.1 Å². The molecule has 4 aromatic rings. The number of aromatic nitrogens is 2. The lowest BCUT2D eigenvalue weighted by Crippen LogP contribution is -2.20. The number of hydrogen-bond donors (Lipinski definition) is 2. The van der Waals surface area contributed by atoms with Gasteiger partial charge in [-0.25, -0.2) is 4.98 Å². The number of hydrogen-bond acceptors (Lipinski definition) is 5. The fraction of sp³-hybridized carbons (Fsp3) is 0.258. The fourth-order valence-corrected chi connectivity index (χ4v) is 5.64. The van der Waals surface area contributed by atoms with E-state index in [0.717, 1.165) is 12.1 Å². The highest BCUT2D eigenvalue weighted by atomic mass is 16.1. The summed E-state index contributed by atoms with van der Waals surface area (Å²) < 4.78 is 1.76. The molecule has 6 rings (SSSR count). The molecule has 0 radical (unpaired) electrons. The largest absolute Gasteiger partial charge is 0.366 e. The normalized spacial score (nSPS) is 17.8. The van der Waals surface area contributed by atoms with Crippen LogP contribution in [0.1, 0.15) is 63.0 Å². The quantitative estimate of drug-likeness (QED) is 0.398. The molecule has 1 atom stereocenters. The Labute approximate surface area is 222 Å². The molecular formula is C31H31N5O2. The first-order valence-electron chi connectivity index (χ1n) is 13.2. The molecule has 3 heterocycles. The van der Waals surface area contributed by atoms with Crippen LogP contribution in [-0.2, 0) is 13.1 Å². The second-order valence-electron chi connectivity index (χ2n) is 10.1. The van der Waals surface area contributed by atoms with E-state index in [1.807, 2.05) is 6.07 Å². The monoisotopic (exact) mass is 505 g/mol. The van der Waals surface area contributed by atoms with Crippen LogP contribution in [0, 0.1) is 0 Å². The molecule has 1 amide bonds. The fourth-order valence-electron chi connectivity index (χ4n) is 5.64. The zero-order valence-electron chi connectivity index (χ0n) is 21.3. The van der Waals surface area contributed by atoms with Crippen LogP contribution in [-0.4, -0.2) is 39.2 Å². The molecule has 0 spiro atoms. The summed E-state index contributed by atoms with van der Waals surface area (Å²) in [7, 11) is 0. The topological polar surface area (TPSA) is 93.2 Å². The maximum atomic E-state index is 13.5. The van der Waals surface area contributed by atoms with Crippen molar-refractivity contribution in [3.05, 3.63) is 107 Å². The number of benzene rings is 3. The molecule has 7 nitrogen and oxygen atoms in total. The van der Waals surface area contributed by atoms with Gasteiger partial charge >= 0.3 is 0 Å². The van der Waals surface area contributed by atoms with Gasteiger partial charge in [0.25, 0.3) is 0 Å². The number of likely N-dealkylation sites (tertiary alicyclic amines) is 1. The second kappa shape index (κ2) is 10.4. The van der Waals surface area contributed by atoms with Crippen molar-refractivity contribution < 1.29 is 9.59 Å². The van der Waals surface area contributed by atoms with Crippen molar-refractivity contribution in [1.82, 2.24) is 19.8 Å². The smallest absolute Gasteiger partial charge is 0.248 e. The lowest BCUT2D eigenvalue weighted by molar-refractivity contribution is 0.0965. The highest BCUT2D eigenvalue weighted by Crippen LogP contribution is 2.30. The molecule has 0 saturated carbocycles. The van der Waals surface area contributed by atoms with Crippen molar-refractivity contribution in [2.45, 2.75) is 38.4 Å². The lowest BCUT2D eigenvalue weighted by atomic mass is 9.95. The van der Waals surface area contributed by atoms with E-state index in [2.05, 4.69) is 63.7 Å². The van der Waals surface area contributed by atoms with Gasteiger partial charge < -0.3 is 11.1 Å². The Balaban J connectivity index is 1.22. The van der Waals surface area contributed by atoms with E-state index < -0.39 is 5.91 Å². The van der Waals surface area contributed by atoms with E-state index in [4.69, 9.17) is 5.73 Å². The molecule has 2 aliphatic rings. The summed E-state index contributed by atoms with van der Waals surface area (Å²) in [6, 6.07) is 24.1. The second-order valence-corrected chi connectivity index (χ2v) is 10.1. The van der Waals surface area contributed by atoms with E-state index in [-0.39, 0.29) is 11.8 Å². The summed E-state index contributed by atoms with van der Waals surface area (Å²) in [6.45, 7) is 3.80. The van der Waals surface area contributed by atoms with E-state index in [9.17, 15) is 9.59 Å². The minimum Gasteiger partial charge on any atom is -0.366 e. The van der Waals surface area contributed by atoms with Gasteiger partial charge in [-0.1, -0.05) is 54.6 Å². The van der Waals surface area contributed by atoms with Crippen LogP contribution in [0.3, 0.4) is 0 Å². The minimum atomic E-state index is -0.506. The zero-order valence-corrected chi connectivity index (χ0v) is 21.3. The first-order valence-corrected chi connectivity index (χ1v) is 13.2. The molecule has 3 aromatic carbocycles. The summed E-state index contributed by atoms with van der Waals surface area (Å²) in [6.07, 6.45) is 4.52. The van der Waals surface area contributed by atoms with Crippen LogP contribution in [0.4, 0.5) is 0 Å². The van der Waals surface area contributed by atoms with Gasteiger partial charge in [-0.2, -0.15) is 0 Å². The number of ketones is 1. The Bertz CT molecular complexity index is 1480. The molecule has 0 bridgehead atoms. The molecule has 3 N–H and O–H groups in total. The van der Waals surface area contributed by atoms with Gasteiger partial charge in [0.15, 0.2) is 5.78 Å². The van der Waals surface area contributed by atoms with Gasteiger partial charge in [0.1, 0.15) is 12.0 Å². The lowest BCUT2D eigenvalue weighted by Gasteiger charge is -2.19. The highest BCUT2D eigenvalue weighted by molar-refractivity contribution is 5.97. The van der Waals surface area contributed by atoms with E-state index in [0.29, 0.717) is 35.6 Å². The number of carbonyl (C=O) groups excluding carboxylic acids is 2. The van der Waals surface area contributed by atoms with Crippen molar-refractivity contribution in [1.29, 1.82) is 0 Å². The van der Waals surface area contributed by atoms with Crippen LogP contribution >= 0.6 is 0 Å². The van der Waals surface area contributed by atoms with Gasteiger partial charge in [0, 0.05) is 36.8 Å². The summed E-state index contributed by atoms with van der Waals surface area (Å²) in [4.78, 5) is 32.2. The van der Waals surface area contributed by atoms with Gasteiger partial charge in [-0.05, 0) is 66.4 Å². The molecule has 2 aliphatic heterocycles. The zero-order chi connectivity index (χ0) is 26.1. The molecule has 1 saturated heterocycles. The maximum absolute atomic E-state index is 13.5. The molecular weight excluding hydrogens is 474 g/mol. The minimum absolute atomic E-state index is 0.0111. The Morgan fingerprint density at radius 1 is 1.00 bits per heavy atom. The first kappa shape index (κ1) is 24.3. The Kier molecular flexibility index (Phi) is 6.62. The highest BCUT2D eigenvalue weighted by Gasteiger charge is 2.28. The number of nitrogens with zero attached hydrogens (tertiary/aromatic N) is 3. The van der Waals surface area contributed by atoms with Gasteiger partial charge in [-0.3, -0.25) is 19.1 Å². The molecule has 7 heteroatoms. The Morgan fingerprint density at radius 3 is 2.58 bits per heavy atom. The first-order chi connectivity index (χ1) is 18.6. The number of nitrogens with one attached hydrogen (secondary N) is 1. The predicted octanol–water partition coefficient (Wildman–Crippen LogP) is 4.65. The maximum Gasteiger partial charge on any atom is 0.248 e. The number of nitrogens with two attached hydrogens (primary N) is 1. The average molecular weight is 506 g/mol. The standard InChI is InChI=1S/C31H31N5O2/c32-31(38)23-7-5-8-25(16-23)36-20-34-28-18-33-27(17-29(37)30(28)36)22-12-10-21(11-13-22)26-9-2-1-6-24(26)19-35-14-3-4-15-35/h1-2,5-13,16,20,27,33H,3-4,14-15,17-19H2,(H2,32,38). The van der Waals surface area contributed by atoms with E-state index >= 15 is 0 Å². The predicted molar refractivity (Wildman–Crippen MR) is 147 cm³/mol. The summed E-state index contributed by atoms with van der Waals surface area (Å²) in [5.74, 6) is -0.495. The summed E-state index contributed by atoms with van der Waals surface area (Å²) >= 11 is 0. The molecule has 0 aliphatic carbocycles. The third kappa shape index (κ3) is 4.78. The number of fused-ring (bicyclic) bond motifs is 1. The molecule has 192 valence electrons. The number of carbonyl (C=O) groups is 2. The molecule has 1 aromatic heterocycles. The number of primary amides is 1. The van der Waals surface area contributed by atoms with Crippen LogP contribution in [0.5, 0.6) is 0 Å². The Morgan fingerprint density at radius 2 is 1.79 bits per heavy atom. The Hall–Kier alpha value is -4.07. The molecule has 1 unspecified atom stereocenters. The summed E-state index contributed by atoms with van der Waals surface area (Å²) in [5.41, 5.74) is 12.7. The van der Waals surface area contributed by atoms with Crippen LogP contribution < -0.4 is 11.1 Å². The molecule has 38 heavy (non-hydrogen) atoms. The van der Waals surface area contributed by atoms with E-state index in [1.54, 1.807) is 29.1 Å². The van der Waals surface area contributed by atoms with Crippen molar-refractivity contribution in [2.75, 3.05) is 13.1 Å². The van der Waals surface area contributed by atoms with Crippen molar-refractivity contribution in [3.8, 4) is 16.8 Å². The number of rotatable bonds is 6. The van der Waals surface area contributed by atoms with Gasteiger partial charge in [-0.15, -0.1) is 0 Å². The van der Waals surface area contributed by atoms with Crippen LogP contribution in [0.2, 0.25) is 0 Å². The molecule has 1 fully saturated rings. The number of Topliss-reactive ketones (excluding diaryl/α,β-unsaturated/α-hetero) is 1. The number of amides is 1. The SMILES string of the molecule is NC(=O)c1cccc(-n2cnc3c2C(=O)CC(c2ccc(-c4ccccc4CN4CCCC4)cc2)NC3)c1. The number of imidazole rings is 1. The van der Waals surface area contributed by atoms with Crippen LogP contribution in [0.25, 0.3) is 16.8 Å².